The minimum absolute atomic E-state index is 0.0648. The molecule has 1 saturated heterocycles. The van der Waals surface area contributed by atoms with E-state index in [2.05, 4.69) is 20.9 Å². The average molecular weight is 384 g/mol. The molecule has 2 aliphatic rings. The number of carbonyl (C=O) groups excluding carboxylic acids is 2. The second-order valence-corrected chi connectivity index (χ2v) is 7.75. The smallest absolute Gasteiger partial charge is 0.315 e. The largest absolute Gasteiger partial charge is 0.339 e. The zero-order valence-corrected chi connectivity index (χ0v) is 16.2. The molecule has 28 heavy (non-hydrogen) atoms. The van der Waals surface area contributed by atoms with Crippen LogP contribution in [-0.4, -0.2) is 57.5 Å². The fraction of sp³-hybridized carbons (Fsp3) is 0.600. The summed E-state index contributed by atoms with van der Waals surface area (Å²) in [5, 5.41) is 14.3. The van der Waals surface area contributed by atoms with Crippen molar-refractivity contribution >= 4 is 23.0 Å². The summed E-state index contributed by atoms with van der Waals surface area (Å²) in [6, 6.07) is 5.72. The number of nitrogens with zero attached hydrogens (tertiary/aromatic N) is 4. The molecule has 2 fully saturated rings. The van der Waals surface area contributed by atoms with Crippen LogP contribution in [0.1, 0.15) is 55.3 Å². The summed E-state index contributed by atoms with van der Waals surface area (Å²) in [4.78, 5) is 26.5. The lowest BCUT2D eigenvalue weighted by Gasteiger charge is -2.22. The normalized spacial score (nSPS) is 17.8. The Morgan fingerprint density at radius 1 is 1.07 bits per heavy atom. The number of fused-ring (bicyclic) bond motifs is 1. The number of hydrogen-bond donors (Lipinski definition) is 2. The highest BCUT2D eigenvalue weighted by Gasteiger charge is 2.20. The predicted octanol–water partition coefficient (Wildman–Crippen LogP) is 2.30. The molecule has 1 aromatic carbocycles. The van der Waals surface area contributed by atoms with Gasteiger partial charge in [-0.15, -0.1) is 5.10 Å². The lowest BCUT2D eigenvalue weighted by atomic mass is 9.96. The zero-order chi connectivity index (χ0) is 19.3. The first-order valence-corrected chi connectivity index (χ1v) is 10.4. The van der Waals surface area contributed by atoms with Gasteiger partial charge in [0, 0.05) is 31.2 Å². The number of likely N-dealkylation sites (tertiary alicyclic amines) is 1. The van der Waals surface area contributed by atoms with Crippen LogP contribution in [0.5, 0.6) is 0 Å². The highest BCUT2D eigenvalue weighted by molar-refractivity contribution is 5.97. The molecule has 1 aliphatic carbocycles. The number of nitrogens with one attached hydrogen (secondary N) is 2. The van der Waals surface area contributed by atoms with Crippen molar-refractivity contribution in [3.63, 3.8) is 0 Å². The number of urea groups is 1. The molecule has 0 bridgehead atoms. The lowest BCUT2D eigenvalue weighted by Crippen LogP contribution is -2.43. The van der Waals surface area contributed by atoms with Crippen molar-refractivity contribution in [1.82, 2.24) is 30.5 Å². The standard InChI is InChI=1S/C20H28N6O2/c27-19(25-11-4-5-12-25)15-8-9-18-17(14-15)23-24-26(18)13-10-21-20(28)22-16-6-2-1-3-7-16/h8-9,14,16H,1-7,10-13H2,(H2,21,22,28). The van der Waals surface area contributed by atoms with Gasteiger partial charge in [-0.05, 0) is 43.9 Å². The van der Waals surface area contributed by atoms with E-state index in [0.717, 1.165) is 44.3 Å². The van der Waals surface area contributed by atoms with Gasteiger partial charge in [-0.3, -0.25) is 4.79 Å². The lowest BCUT2D eigenvalue weighted by molar-refractivity contribution is 0.0793. The van der Waals surface area contributed by atoms with E-state index in [1.807, 2.05) is 23.1 Å². The van der Waals surface area contributed by atoms with Gasteiger partial charge in [0.1, 0.15) is 5.52 Å². The Balaban J connectivity index is 1.31. The zero-order valence-electron chi connectivity index (χ0n) is 16.2. The highest BCUT2D eigenvalue weighted by Crippen LogP contribution is 2.18. The molecular formula is C20H28N6O2. The predicted molar refractivity (Wildman–Crippen MR) is 106 cm³/mol. The average Bonchev–Trinajstić information content (AvgIpc) is 3.38. The number of hydrogen-bond acceptors (Lipinski definition) is 4. The maximum Gasteiger partial charge on any atom is 0.315 e. The van der Waals surface area contributed by atoms with Crippen molar-refractivity contribution in [2.75, 3.05) is 19.6 Å². The third-order valence-corrected chi connectivity index (χ3v) is 5.70. The summed E-state index contributed by atoms with van der Waals surface area (Å²) in [5.41, 5.74) is 2.23. The molecule has 2 aromatic rings. The number of rotatable bonds is 5. The highest BCUT2D eigenvalue weighted by atomic mass is 16.2. The number of aromatic nitrogens is 3. The van der Waals surface area contributed by atoms with E-state index in [1.54, 1.807) is 4.68 Å². The molecule has 8 nitrogen and oxygen atoms in total. The molecule has 1 aliphatic heterocycles. The van der Waals surface area contributed by atoms with Crippen LogP contribution < -0.4 is 10.6 Å². The Morgan fingerprint density at radius 2 is 1.86 bits per heavy atom. The third-order valence-electron chi connectivity index (χ3n) is 5.70. The maximum absolute atomic E-state index is 12.5. The second-order valence-electron chi connectivity index (χ2n) is 7.75. The molecule has 2 heterocycles. The van der Waals surface area contributed by atoms with Crippen LogP contribution in [-0.2, 0) is 6.54 Å². The van der Waals surface area contributed by atoms with Crippen LogP contribution in [0.2, 0.25) is 0 Å². The Labute approximate surface area is 164 Å². The van der Waals surface area contributed by atoms with E-state index >= 15 is 0 Å². The van der Waals surface area contributed by atoms with Crippen molar-refractivity contribution in [2.45, 2.75) is 57.5 Å². The van der Waals surface area contributed by atoms with Crippen LogP contribution in [0, 0.1) is 0 Å². The van der Waals surface area contributed by atoms with Gasteiger partial charge >= 0.3 is 6.03 Å². The van der Waals surface area contributed by atoms with Crippen molar-refractivity contribution in [1.29, 1.82) is 0 Å². The van der Waals surface area contributed by atoms with Gasteiger partial charge < -0.3 is 15.5 Å². The summed E-state index contributed by atoms with van der Waals surface area (Å²) >= 11 is 0. The summed E-state index contributed by atoms with van der Waals surface area (Å²) in [7, 11) is 0. The molecule has 150 valence electrons. The molecule has 2 N–H and O–H groups in total. The van der Waals surface area contributed by atoms with E-state index in [-0.39, 0.29) is 11.9 Å². The van der Waals surface area contributed by atoms with Gasteiger partial charge in [-0.1, -0.05) is 24.5 Å². The molecule has 8 heteroatoms. The summed E-state index contributed by atoms with van der Waals surface area (Å²) < 4.78 is 1.76. The van der Waals surface area contributed by atoms with Crippen molar-refractivity contribution in [2.24, 2.45) is 0 Å². The van der Waals surface area contributed by atoms with E-state index < -0.39 is 0 Å². The van der Waals surface area contributed by atoms with Gasteiger partial charge in [0.15, 0.2) is 0 Å². The van der Waals surface area contributed by atoms with Gasteiger partial charge in [0.2, 0.25) is 0 Å². The van der Waals surface area contributed by atoms with E-state index in [4.69, 9.17) is 0 Å². The fourth-order valence-electron chi connectivity index (χ4n) is 4.13. The monoisotopic (exact) mass is 384 g/mol. The minimum atomic E-state index is -0.116. The molecule has 0 unspecified atom stereocenters. The van der Waals surface area contributed by atoms with E-state index in [1.165, 1.54) is 19.3 Å². The van der Waals surface area contributed by atoms with E-state index in [0.29, 0.717) is 30.2 Å². The van der Waals surface area contributed by atoms with Crippen LogP contribution >= 0.6 is 0 Å². The Kier molecular flexibility index (Phi) is 5.73. The molecule has 3 amide bonds. The van der Waals surface area contributed by atoms with Crippen LogP contribution in [0.4, 0.5) is 4.79 Å². The minimum Gasteiger partial charge on any atom is -0.339 e. The fourth-order valence-corrected chi connectivity index (χ4v) is 4.13. The van der Waals surface area contributed by atoms with Gasteiger partial charge in [0.05, 0.1) is 12.1 Å². The maximum atomic E-state index is 12.5. The number of carbonyl (C=O) groups is 2. The quantitative estimate of drug-likeness (QED) is 0.827. The second kappa shape index (κ2) is 8.58. The van der Waals surface area contributed by atoms with E-state index in [9.17, 15) is 9.59 Å². The summed E-state index contributed by atoms with van der Waals surface area (Å²) in [5.74, 6) is 0.0648. The molecule has 0 radical (unpaired) electrons. The van der Waals surface area contributed by atoms with Gasteiger partial charge in [0.25, 0.3) is 5.91 Å². The third kappa shape index (κ3) is 4.26. The molecule has 1 saturated carbocycles. The number of amides is 3. The van der Waals surface area contributed by atoms with Crippen molar-refractivity contribution in [3.05, 3.63) is 23.8 Å². The summed E-state index contributed by atoms with van der Waals surface area (Å²) in [6.45, 7) is 2.68. The van der Waals surface area contributed by atoms with Crippen LogP contribution in [0.15, 0.2) is 18.2 Å². The molecule has 0 spiro atoms. The molecular weight excluding hydrogens is 356 g/mol. The number of benzene rings is 1. The SMILES string of the molecule is O=C(NCCn1nnc2cc(C(=O)N3CCCC3)ccc21)NC1CCCCC1. The van der Waals surface area contributed by atoms with Crippen molar-refractivity contribution in [3.8, 4) is 0 Å². The first-order valence-electron chi connectivity index (χ1n) is 10.4. The Hall–Kier alpha value is -2.64. The first kappa shape index (κ1) is 18.7. The van der Waals surface area contributed by atoms with Crippen molar-refractivity contribution < 1.29 is 9.59 Å². The molecule has 0 atom stereocenters. The van der Waals surface area contributed by atoms with Crippen LogP contribution in [0.25, 0.3) is 11.0 Å². The van der Waals surface area contributed by atoms with Gasteiger partial charge in [-0.25, -0.2) is 9.48 Å². The molecule has 4 rings (SSSR count). The molecule has 1 aromatic heterocycles. The Morgan fingerprint density at radius 3 is 2.64 bits per heavy atom. The van der Waals surface area contributed by atoms with Crippen LogP contribution in [0.3, 0.4) is 0 Å². The van der Waals surface area contributed by atoms with Gasteiger partial charge in [-0.2, -0.15) is 0 Å². The summed E-state index contributed by atoms with van der Waals surface area (Å²) in [6.07, 6.45) is 7.94. The Bertz CT molecular complexity index is 836. The topological polar surface area (TPSA) is 92.1 Å². The first-order chi connectivity index (χ1) is 13.7.